The number of methoxy groups -OCH3 is 2. The molecule has 1 N–H and O–H groups in total. The van der Waals surface area contributed by atoms with Gasteiger partial charge in [0, 0.05) is 20.6 Å². The molecule has 0 spiro atoms. The first-order valence-corrected chi connectivity index (χ1v) is 16.7. The lowest BCUT2D eigenvalue weighted by atomic mass is 9.79. The molecule has 0 aliphatic heterocycles. The summed E-state index contributed by atoms with van der Waals surface area (Å²) < 4.78 is 132. The van der Waals surface area contributed by atoms with Gasteiger partial charge in [-0.15, -0.1) is 0 Å². The Hall–Kier alpha value is -2.20. The first-order valence-electron chi connectivity index (χ1n) is 15.1. The van der Waals surface area contributed by atoms with E-state index in [9.17, 15) is 40.4 Å². The van der Waals surface area contributed by atoms with Gasteiger partial charge in [-0.3, -0.25) is 18.9 Å². The fraction of sp³-hybridized carbons (Fsp3) is 0.893. The number of hydrogen-bond donors (Lipinski definition) is 1. The van der Waals surface area contributed by atoms with Crippen LogP contribution >= 0.6 is 0 Å². The van der Waals surface area contributed by atoms with E-state index in [-0.39, 0.29) is 72.1 Å². The van der Waals surface area contributed by atoms with Crippen molar-refractivity contribution >= 4 is 28.0 Å². The molecule has 20 heteroatoms. The molecule has 1 rings (SSSR count). The Labute approximate surface area is 276 Å². The molecule has 0 aromatic carbocycles. The molecule has 0 aromatic rings. The Morgan fingerprint density at radius 2 is 1.04 bits per heavy atom. The topological polar surface area (TPSA) is 189 Å². The second kappa shape index (κ2) is 23.2. The summed E-state index contributed by atoms with van der Waals surface area (Å²) in [7, 11) is -2.39. The molecular formula is C28H46F4O15S. The maximum Gasteiger partial charge on any atom is 0.326 e. The van der Waals surface area contributed by atoms with Crippen LogP contribution in [0.1, 0.15) is 32.1 Å². The molecule has 0 amide bonds. The van der Waals surface area contributed by atoms with Gasteiger partial charge in [0.25, 0.3) is 10.1 Å². The van der Waals surface area contributed by atoms with Gasteiger partial charge < -0.3 is 42.6 Å². The zero-order valence-corrected chi connectivity index (χ0v) is 27.9. The molecule has 0 saturated heterocycles. The summed E-state index contributed by atoms with van der Waals surface area (Å²) in [6, 6.07) is 0. The molecule has 1 aliphatic carbocycles. The highest BCUT2D eigenvalue weighted by Crippen LogP contribution is 2.39. The highest BCUT2D eigenvalue weighted by Gasteiger charge is 2.58. The molecule has 2 unspecified atom stereocenters. The van der Waals surface area contributed by atoms with Crippen LogP contribution in [-0.4, -0.2) is 148 Å². The maximum absolute atomic E-state index is 14.0. The van der Waals surface area contributed by atoms with E-state index in [1.54, 1.807) is 0 Å². The highest BCUT2D eigenvalue weighted by molar-refractivity contribution is 7.85. The predicted octanol–water partition coefficient (Wildman–Crippen LogP) is 1.70. The highest BCUT2D eigenvalue weighted by atomic mass is 32.2. The van der Waals surface area contributed by atoms with E-state index in [1.165, 1.54) is 14.2 Å². The Morgan fingerprint density at radius 3 is 1.44 bits per heavy atom. The second-order valence-electron chi connectivity index (χ2n) is 10.6. The van der Waals surface area contributed by atoms with Crippen LogP contribution < -0.4 is 0 Å². The van der Waals surface area contributed by atoms with Crippen LogP contribution in [0.25, 0.3) is 0 Å². The molecular weight excluding hydrogens is 684 g/mol. The van der Waals surface area contributed by atoms with Crippen LogP contribution in [-0.2, 0) is 67.1 Å². The van der Waals surface area contributed by atoms with E-state index in [1.807, 2.05) is 0 Å². The Bertz CT molecular complexity index is 1010. The molecule has 48 heavy (non-hydrogen) atoms. The maximum atomic E-state index is 14.0. The average Bonchev–Trinajstić information content (AvgIpc) is 3.00. The molecule has 15 nitrogen and oxygen atoms in total. The Morgan fingerprint density at radius 1 is 0.646 bits per heavy atom. The Balaban J connectivity index is 2.71. The number of hydrogen-bond acceptors (Lipinski definition) is 14. The van der Waals surface area contributed by atoms with E-state index in [4.69, 9.17) is 47.2 Å². The van der Waals surface area contributed by atoms with Crippen molar-refractivity contribution in [3.05, 3.63) is 0 Å². The van der Waals surface area contributed by atoms with E-state index >= 15 is 0 Å². The predicted molar refractivity (Wildman–Crippen MR) is 155 cm³/mol. The molecule has 0 heterocycles. The van der Waals surface area contributed by atoms with Gasteiger partial charge in [0.05, 0.1) is 84.3 Å². The van der Waals surface area contributed by atoms with Crippen molar-refractivity contribution in [2.45, 2.75) is 50.1 Å². The van der Waals surface area contributed by atoms with E-state index in [0.717, 1.165) is 0 Å². The van der Waals surface area contributed by atoms with Crippen molar-refractivity contribution in [3.8, 4) is 0 Å². The van der Waals surface area contributed by atoms with Gasteiger partial charge in [-0.05, 0) is 19.3 Å². The molecule has 1 saturated carbocycles. The fourth-order valence-electron chi connectivity index (χ4n) is 4.34. The summed E-state index contributed by atoms with van der Waals surface area (Å²) in [4.78, 5) is 38.0. The Kier molecular flexibility index (Phi) is 21.2. The fourth-order valence-corrected chi connectivity index (χ4v) is 5.01. The van der Waals surface area contributed by atoms with Crippen LogP contribution in [0.5, 0.6) is 0 Å². The van der Waals surface area contributed by atoms with Gasteiger partial charge in [0.1, 0.15) is 25.1 Å². The minimum atomic E-state index is -5.46. The second-order valence-corrected chi connectivity index (χ2v) is 12.1. The van der Waals surface area contributed by atoms with Gasteiger partial charge in [0.2, 0.25) is 0 Å². The molecule has 1 fully saturated rings. The number of ether oxygens (including phenoxy) is 9. The van der Waals surface area contributed by atoms with Crippen LogP contribution in [0, 0.1) is 11.8 Å². The van der Waals surface area contributed by atoms with Crippen molar-refractivity contribution in [3.63, 3.8) is 0 Å². The van der Waals surface area contributed by atoms with Crippen molar-refractivity contribution in [1.82, 2.24) is 0 Å². The molecule has 1 aliphatic rings. The van der Waals surface area contributed by atoms with E-state index in [0.29, 0.717) is 26.4 Å². The third-order valence-corrected chi connectivity index (χ3v) is 7.45. The van der Waals surface area contributed by atoms with E-state index < -0.39 is 76.4 Å². The van der Waals surface area contributed by atoms with E-state index in [2.05, 4.69) is 0 Å². The van der Waals surface area contributed by atoms with Crippen LogP contribution in [0.15, 0.2) is 0 Å². The van der Waals surface area contributed by atoms with Crippen LogP contribution in [0.4, 0.5) is 17.6 Å². The summed E-state index contributed by atoms with van der Waals surface area (Å²) in [5, 5.41) is 0. The average molecular weight is 731 g/mol. The number of esters is 3. The minimum absolute atomic E-state index is 0.0316. The smallest absolute Gasteiger partial charge is 0.326 e. The molecule has 0 aromatic heterocycles. The monoisotopic (exact) mass is 730 g/mol. The van der Waals surface area contributed by atoms with Crippen LogP contribution in [0.3, 0.4) is 0 Å². The summed E-state index contributed by atoms with van der Waals surface area (Å²) in [6.07, 6.45) is -4.60. The summed E-state index contributed by atoms with van der Waals surface area (Å²) in [5.41, 5.74) is 0. The van der Waals surface area contributed by atoms with Crippen LogP contribution in [0.2, 0.25) is 0 Å². The first-order chi connectivity index (χ1) is 22.6. The molecule has 0 radical (unpaired) electrons. The van der Waals surface area contributed by atoms with Gasteiger partial charge in [0.15, 0.2) is 0 Å². The molecule has 282 valence electrons. The van der Waals surface area contributed by atoms with Crippen molar-refractivity contribution in [2.24, 2.45) is 11.8 Å². The molecule has 2 atom stereocenters. The third kappa shape index (κ3) is 19.1. The van der Waals surface area contributed by atoms with Gasteiger partial charge in [-0.2, -0.15) is 26.0 Å². The van der Waals surface area contributed by atoms with Crippen molar-refractivity contribution in [1.29, 1.82) is 0 Å². The van der Waals surface area contributed by atoms with Crippen molar-refractivity contribution in [2.75, 3.05) is 99.3 Å². The summed E-state index contributed by atoms with van der Waals surface area (Å²) in [6.45, 7) is 2.39. The number of rotatable bonds is 27. The van der Waals surface area contributed by atoms with Gasteiger partial charge in [-0.1, -0.05) is 0 Å². The molecule has 0 bridgehead atoms. The zero-order chi connectivity index (χ0) is 36.1. The van der Waals surface area contributed by atoms with Gasteiger partial charge >= 0.3 is 29.8 Å². The normalized spacial score (nSPS) is 18.8. The number of alkyl halides is 4. The van der Waals surface area contributed by atoms with Crippen molar-refractivity contribution < 1.29 is 87.5 Å². The number of carbonyl (C=O) groups is 3. The lowest BCUT2D eigenvalue weighted by Gasteiger charge is -2.32. The third-order valence-electron chi connectivity index (χ3n) is 6.72. The first kappa shape index (κ1) is 43.8. The number of carbonyl (C=O) groups excluding carboxylic acids is 3. The van der Waals surface area contributed by atoms with Gasteiger partial charge in [-0.25, -0.2) is 0 Å². The SMILES string of the molecule is COCCOCCOCCOC(=O)C1CC(OC(=O)CCC(F)(F)C(F)(F)CS(=O)(=O)O)CC(C(=O)OCCOCCOCCOC)C1. The quantitative estimate of drug-likeness (QED) is 0.0423. The lowest BCUT2D eigenvalue weighted by molar-refractivity contribution is -0.202. The summed E-state index contributed by atoms with van der Waals surface area (Å²) in [5.74, 6) is -17.5. The number of halogens is 4. The standard InChI is InChI=1S/C28H46F4O15S/c1-39-5-7-41-9-11-43-13-15-45-25(34)21-17-22(26(35)46-16-14-44-12-10-42-8-6-40-2)19-23(18-21)47-24(33)3-4-27(29,30)28(31,32)20-48(36,37)38/h21-23H,3-20H2,1-2H3,(H,36,37,38). The zero-order valence-electron chi connectivity index (χ0n) is 27.0. The summed E-state index contributed by atoms with van der Waals surface area (Å²) >= 11 is 0. The largest absolute Gasteiger partial charge is 0.463 e. The minimum Gasteiger partial charge on any atom is -0.463 e. The lowest BCUT2D eigenvalue weighted by Crippen LogP contribution is -2.46.